The Kier molecular flexibility index (Phi) is 6.69. The number of carbonyl (C=O) groups is 1. The van der Waals surface area contributed by atoms with Gasteiger partial charge in [0.05, 0.1) is 4.90 Å². The quantitative estimate of drug-likeness (QED) is 0.622. The molecule has 25 heavy (non-hydrogen) atoms. The summed E-state index contributed by atoms with van der Waals surface area (Å²) in [4.78, 5) is 12.2. The van der Waals surface area contributed by atoms with E-state index in [0.717, 1.165) is 5.56 Å². The van der Waals surface area contributed by atoms with Gasteiger partial charge >= 0.3 is 0 Å². The lowest BCUT2D eigenvalue weighted by Crippen LogP contribution is -2.27. The molecule has 2 rings (SSSR count). The minimum Gasteiger partial charge on any atom is -0.396 e. The molecule has 2 aromatic rings. The molecule has 134 valence electrons. The van der Waals surface area contributed by atoms with Crippen molar-refractivity contribution >= 4 is 15.9 Å². The van der Waals surface area contributed by atoms with Gasteiger partial charge in [-0.2, -0.15) is 0 Å². The molecular formula is C18H22N2O4S. The Morgan fingerprint density at radius 2 is 1.84 bits per heavy atom. The first-order valence-electron chi connectivity index (χ1n) is 7.97. The fraction of sp³-hybridized carbons (Fsp3) is 0.278. The number of hydrogen-bond acceptors (Lipinski definition) is 4. The van der Waals surface area contributed by atoms with Gasteiger partial charge < -0.3 is 10.4 Å². The summed E-state index contributed by atoms with van der Waals surface area (Å²) in [6.45, 7) is 2.24. The molecule has 0 radical (unpaired) electrons. The zero-order chi connectivity index (χ0) is 18.3. The van der Waals surface area contributed by atoms with Gasteiger partial charge in [-0.15, -0.1) is 0 Å². The summed E-state index contributed by atoms with van der Waals surface area (Å²) in [6.07, 6.45) is 0.446. The van der Waals surface area contributed by atoms with Crippen LogP contribution < -0.4 is 10.0 Å². The van der Waals surface area contributed by atoms with Gasteiger partial charge in [0.2, 0.25) is 10.0 Å². The summed E-state index contributed by atoms with van der Waals surface area (Å²) in [5.41, 5.74) is 1.84. The highest BCUT2D eigenvalue weighted by atomic mass is 32.2. The Morgan fingerprint density at radius 3 is 2.52 bits per heavy atom. The highest BCUT2D eigenvalue weighted by Gasteiger charge is 2.17. The molecular weight excluding hydrogens is 340 g/mol. The van der Waals surface area contributed by atoms with Crippen molar-refractivity contribution < 1.29 is 18.3 Å². The van der Waals surface area contributed by atoms with Gasteiger partial charge in [-0.05, 0) is 36.6 Å². The third-order valence-corrected chi connectivity index (χ3v) is 5.09. The maximum Gasteiger partial charge on any atom is 0.251 e. The number of aliphatic hydroxyl groups is 1. The smallest absolute Gasteiger partial charge is 0.251 e. The van der Waals surface area contributed by atoms with Crippen LogP contribution in [0.25, 0.3) is 0 Å². The van der Waals surface area contributed by atoms with Crippen LogP contribution in [0, 0.1) is 6.92 Å². The van der Waals surface area contributed by atoms with E-state index >= 15 is 0 Å². The van der Waals surface area contributed by atoms with E-state index in [1.54, 1.807) is 13.0 Å². The second-order valence-electron chi connectivity index (χ2n) is 5.62. The lowest BCUT2D eigenvalue weighted by atomic mass is 10.1. The van der Waals surface area contributed by atoms with Crippen molar-refractivity contribution in [3.63, 3.8) is 0 Å². The molecule has 0 aliphatic heterocycles. The summed E-state index contributed by atoms with van der Waals surface area (Å²) in [5.74, 6) is -0.356. The van der Waals surface area contributed by atoms with Crippen molar-refractivity contribution in [2.24, 2.45) is 0 Å². The standard InChI is InChI=1S/C18H22N2O4S/c1-14-8-9-16(12-17(14)18(22)19-10-5-11-21)25(23,24)20-13-15-6-3-2-4-7-15/h2-4,6-9,12,20-21H,5,10-11,13H2,1H3,(H,19,22). The summed E-state index contributed by atoms with van der Waals surface area (Å²) < 4.78 is 27.5. The van der Waals surface area contributed by atoms with Crippen LogP contribution in [-0.2, 0) is 16.6 Å². The van der Waals surface area contributed by atoms with Crippen LogP contribution in [0.2, 0.25) is 0 Å². The summed E-state index contributed by atoms with van der Waals surface area (Å²) in [7, 11) is -3.73. The minimum absolute atomic E-state index is 0.0168. The second kappa shape index (κ2) is 8.75. The lowest BCUT2D eigenvalue weighted by Gasteiger charge is -2.11. The van der Waals surface area contributed by atoms with Crippen LogP contribution in [0.5, 0.6) is 0 Å². The number of hydrogen-bond donors (Lipinski definition) is 3. The van der Waals surface area contributed by atoms with Gasteiger partial charge in [-0.1, -0.05) is 36.4 Å². The van der Waals surface area contributed by atoms with Crippen LogP contribution in [0.3, 0.4) is 0 Å². The SMILES string of the molecule is Cc1ccc(S(=O)(=O)NCc2ccccc2)cc1C(=O)NCCCO. The topological polar surface area (TPSA) is 95.5 Å². The average molecular weight is 362 g/mol. The van der Waals surface area contributed by atoms with E-state index < -0.39 is 10.0 Å². The predicted octanol–water partition coefficient (Wildman–Crippen LogP) is 1.59. The highest BCUT2D eigenvalue weighted by molar-refractivity contribution is 7.89. The molecule has 0 spiro atoms. The Morgan fingerprint density at radius 1 is 1.12 bits per heavy atom. The molecule has 0 saturated heterocycles. The highest BCUT2D eigenvalue weighted by Crippen LogP contribution is 2.16. The van der Waals surface area contributed by atoms with E-state index in [0.29, 0.717) is 24.1 Å². The first-order valence-corrected chi connectivity index (χ1v) is 9.45. The van der Waals surface area contributed by atoms with E-state index in [1.807, 2.05) is 30.3 Å². The van der Waals surface area contributed by atoms with Crippen LogP contribution >= 0.6 is 0 Å². The van der Waals surface area contributed by atoms with Gasteiger partial charge in [-0.25, -0.2) is 13.1 Å². The third-order valence-electron chi connectivity index (χ3n) is 3.69. The Bertz CT molecular complexity index is 820. The van der Waals surface area contributed by atoms with Crippen LogP contribution in [-0.4, -0.2) is 32.6 Å². The lowest BCUT2D eigenvalue weighted by molar-refractivity contribution is 0.0950. The van der Waals surface area contributed by atoms with Crippen LogP contribution in [0.1, 0.15) is 27.9 Å². The number of aliphatic hydroxyl groups excluding tert-OH is 1. The molecule has 6 nitrogen and oxygen atoms in total. The zero-order valence-electron chi connectivity index (χ0n) is 14.0. The third kappa shape index (κ3) is 5.38. The minimum atomic E-state index is -3.73. The van der Waals surface area contributed by atoms with Gasteiger partial charge in [0.15, 0.2) is 0 Å². The number of rotatable bonds is 8. The molecule has 0 aliphatic carbocycles. The molecule has 3 N–H and O–H groups in total. The fourth-order valence-electron chi connectivity index (χ4n) is 2.25. The van der Waals surface area contributed by atoms with E-state index in [2.05, 4.69) is 10.0 Å². The number of amides is 1. The molecule has 0 aromatic heterocycles. The van der Waals surface area contributed by atoms with E-state index in [4.69, 9.17) is 5.11 Å². The molecule has 7 heteroatoms. The molecule has 2 aromatic carbocycles. The molecule has 1 amide bonds. The number of sulfonamides is 1. The first-order chi connectivity index (χ1) is 11.9. The van der Waals surface area contributed by atoms with Crippen molar-refractivity contribution in [3.8, 4) is 0 Å². The summed E-state index contributed by atoms with van der Waals surface area (Å²) in [6, 6.07) is 13.7. The van der Waals surface area contributed by atoms with Gasteiger partial charge in [0, 0.05) is 25.3 Å². The Balaban J connectivity index is 2.15. The molecule has 0 unspecified atom stereocenters. The average Bonchev–Trinajstić information content (AvgIpc) is 2.61. The van der Waals surface area contributed by atoms with Gasteiger partial charge in [-0.3, -0.25) is 4.79 Å². The van der Waals surface area contributed by atoms with Crippen molar-refractivity contribution in [2.75, 3.05) is 13.2 Å². The van der Waals surface area contributed by atoms with Crippen molar-refractivity contribution in [2.45, 2.75) is 24.8 Å². The largest absolute Gasteiger partial charge is 0.396 e. The number of benzene rings is 2. The van der Waals surface area contributed by atoms with Gasteiger partial charge in [0.25, 0.3) is 5.91 Å². The van der Waals surface area contributed by atoms with Crippen LogP contribution in [0.4, 0.5) is 0 Å². The number of aryl methyl sites for hydroxylation is 1. The monoisotopic (exact) mass is 362 g/mol. The Labute approximate surface area is 147 Å². The van der Waals surface area contributed by atoms with Gasteiger partial charge in [0.1, 0.15) is 0 Å². The van der Waals surface area contributed by atoms with E-state index in [1.165, 1.54) is 12.1 Å². The molecule has 0 aliphatic rings. The van der Waals surface area contributed by atoms with Crippen molar-refractivity contribution in [1.82, 2.24) is 10.0 Å². The Hall–Kier alpha value is -2.22. The number of carbonyl (C=O) groups excluding carboxylic acids is 1. The number of nitrogens with one attached hydrogen (secondary N) is 2. The van der Waals surface area contributed by atoms with Crippen LogP contribution in [0.15, 0.2) is 53.4 Å². The fourth-order valence-corrected chi connectivity index (χ4v) is 3.29. The molecule has 0 fully saturated rings. The molecule has 0 saturated carbocycles. The van der Waals surface area contributed by atoms with Crippen molar-refractivity contribution in [3.05, 3.63) is 65.2 Å². The van der Waals surface area contributed by atoms with Crippen molar-refractivity contribution in [1.29, 1.82) is 0 Å². The van der Waals surface area contributed by atoms with E-state index in [9.17, 15) is 13.2 Å². The molecule has 0 bridgehead atoms. The summed E-state index contributed by atoms with van der Waals surface area (Å²) in [5, 5.41) is 11.4. The summed E-state index contributed by atoms with van der Waals surface area (Å²) >= 11 is 0. The van der Waals surface area contributed by atoms with E-state index in [-0.39, 0.29) is 24.0 Å². The molecule has 0 atom stereocenters. The predicted molar refractivity (Wildman–Crippen MR) is 95.7 cm³/mol. The zero-order valence-corrected chi connectivity index (χ0v) is 14.8. The second-order valence-corrected chi connectivity index (χ2v) is 7.39. The maximum atomic E-state index is 12.5. The maximum absolute atomic E-state index is 12.5. The molecule has 0 heterocycles. The first kappa shape index (κ1) is 19.1. The normalized spacial score (nSPS) is 11.3.